The average Bonchev–Trinajstić information content (AvgIpc) is 2.34. The molecule has 1 aromatic rings. The monoisotopic (exact) mass is 287 g/mol. The smallest absolute Gasteiger partial charge is 0.253 e. The number of nitrogens with zero attached hydrogens (tertiary/aromatic N) is 1. The second-order valence-electron chi connectivity index (χ2n) is 7.88. The Morgan fingerprint density at radius 2 is 1.57 bits per heavy atom. The normalized spacial score (nSPS) is 12.2. The first-order valence-corrected chi connectivity index (χ1v) is 7.44. The number of rotatable bonds is 2. The molecule has 0 unspecified atom stereocenters. The molecule has 0 bridgehead atoms. The maximum absolute atomic E-state index is 12.3. The molecule has 0 atom stereocenters. The van der Waals surface area contributed by atoms with Crippen LogP contribution in [0.25, 0.3) is 0 Å². The zero-order valence-electron chi connectivity index (χ0n) is 14.8. The van der Waals surface area contributed by atoms with E-state index in [1.807, 2.05) is 7.05 Å². The van der Waals surface area contributed by atoms with Crippen molar-refractivity contribution in [3.8, 4) is 0 Å². The predicted molar refractivity (Wildman–Crippen MR) is 92.1 cm³/mol. The van der Waals surface area contributed by atoms with Gasteiger partial charge in [0.25, 0.3) is 5.91 Å². The number of anilines is 1. The number of likely N-dealkylation sites (N-methyl/N-ethyl adjacent to an activating group) is 1. The second kappa shape index (κ2) is 5.67. The van der Waals surface area contributed by atoms with Crippen LogP contribution in [-0.4, -0.2) is 13.0 Å². The van der Waals surface area contributed by atoms with Crippen LogP contribution in [0.1, 0.15) is 59.6 Å². The fraction of sp³-hybridized carbons (Fsp3) is 0.526. The molecule has 1 rings (SSSR count). The average molecular weight is 287 g/mol. The summed E-state index contributed by atoms with van der Waals surface area (Å²) in [5.74, 6) is -0.0356. The number of hydrogen-bond donors (Lipinski definition) is 0. The number of carbonyl (C=O) groups is 1. The van der Waals surface area contributed by atoms with Gasteiger partial charge in [0.15, 0.2) is 0 Å². The van der Waals surface area contributed by atoms with Crippen LogP contribution in [0.2, 0.25) is 0 Å². The maximum Gasteiger partial charge on any atom is 0.253 e. The van der Waals surface area contributed by atoms with E-state index < -0.39 is 0 Å². The molecule has 0 radical (unpaired) electrons. The molecule has 116 valence electrons. The highest BCUT2D eigenvalue weighted by molar-refractivity contribution is 6.05. The minimum Gasteiger partial charge on any atom is -0.311 e. The summed E-state index contributed by atoms with van der Waals surface area (Å²) >= 11 is 0. The quantitative estimate of drug-likeness (QED) is 0.714. The molecule has 0 aliphatic carbocycles. The molecule has 0 heterocycles. The molecule has 0 N–H and O–H groups in total. The van der Waals surface area contributed by atoms with Gasteiger partial charge in [0.1, 0.15) is 0 Å². The first kappa shape index (κ1) is 17.5. The Kier molecular flexibility index (Phi) is 4.72. The second-order valence-corrected chi connectivity index (χ2v) is 7.88. The van der Waals surface area contributed by atoms with Gasteiger partial charge in [-0.1, -0.05) is 60.3 Å². The summed E-state index contributed by atoms with van der Waals surface area (Å²) in [5.41, 5.74) is 3.97. The highest BCUT2D eigenvalue weighted by Gasteiger charge is 2.25. The lowest BCUT2D eigenvalue weighted by molar-refractivity contribution is -0.114. The fourth-order valence-corrected chi connectivity index (χ4v) is 2.31. The summed E-state index contributed by atoms with van der Waals surface area (Å²) < 4.78 is 0. The van der Waals surface area contributed by atoms with Crippen LogP contribution < -0.4 is 4.90 Å². The Balaban J connectivity index is 3.50. The highest BCUT2D eigenvalue weighted by Crippen LogP contribution is 2.35. The van der Waals surface area contributed by atoms with Gasteiger partial charge in [0.05, 0.1) is 0 Å². The van der Waals surface area contributed by atoms with Crippen molar-refractivity contribution < 1.29 is 4.79 Å². The van der Waals surface area contributed by atoms with Crippen LogP contribution in [0.15, 0.2) is 30.4 Å². The number of hydrogen-bond acceptors (Lipinski definition) is 1. The van der Waals surface area contributed by atoms with E-state index in [0.29, 0.717) is 5.57 Å². The summed E-state index contributed by atoms with van der Waals surface area (Å²) in [6, 6.07) is 6.46. The van der Waals surface area contributed by atoms with Gasteiger partial charge in [-0.3, -0.25) is 4.79 Å². The van der Waals surface area contributed by atoms with Crippen LogP contribution in [0.5, 0.6) is 0 Å². The molecule has 0 aliphatic rings. The third kappa shape index (κ3) is 3.96. The van der Waals surface area contributed by atoms with E-state index in [-0.39, 0.29) is 16.7 Å². The van der Waals surface area contributed by atoms with Crippen molar-refractivity contribution in [2.24, 2.45) is 0 Å². The molecular formula is C19H29NO. The zero-order chi connectivity index (χ0) is 16.6. The molecule has 1 aromatic carbocycles. The molecule has 0 fully saturated rings. The molecule has 0 aromatic heterocycles. The van der Waals surface area contributed by atoms with Crippen molar-refractivity contribution in [1.29, 1.82) is 0 Å². The van der Waals surface area contributed by atoms with Gasteiger partial charge >= 0.3 is 0 Å². The highest BCUT2D eigenvalue weighted by atomic mass is 16.2. The lowest BCUT2D eigenvalue weighted by Crippen LogP contribution is -2.30. The third-order valence-electron chi connectivity index (χ3n) is 3.70. The Morgan fingerprint density at radius 3 is 1.95 bits per heavy atom. The van der Waals surface area contributed by atoms with Crippen molar-refractivity contribution in [2.75, 3.05) is 11.9 Å². The summed E-state index contributed by atoms with van der Waals surface area (Å²) in [7, 11) is 1.83. The maximum atomic E-state index is 12.3. The summed E-state index contributed by atoms with van der Waals surface area (Å²) in [6.07, 6.45) is 0. The third-order valence-corrected chi connectivity index (χ3v) is 3.70. The van der Waals surface area contributed by atoms with Crippen molar-refractivity contribution in [3.05, 3.63) is 41.5 Å². The molecular weight excluding hydrogens is 258 g/mol. The van der Waals surface area contributed by atoms with Gasteiger partial charge in [-0.25, -0.2) is 0 Å². The topological polar surface area (TPSA) is 20.3 Å². The van der Waals surface area contributed by atoms with E-state index in [1.54, 1.807) is 11.8 Å². The lowest BCUT2D eigenvalue weighted by Gasteiger charge is -2.30. The molecule has 0 aliphatic heterocycles. The Labute approximate surface area is 129 Å². The first-order valence-electron chi connectivity index (χ1n) is 7.44. The fourth-order valence-electron chi connectivity index (χ4n) is 2.31. The summed E-state index contributed by atoms with van der Waals surface area (Å²) in [5, 5.41) is 0. The van der Waals surface area contributed by atoms with Crippen LogP contribution >= 0.6 is 0 Å². The molecule has 2 nitrogen and oxygen atoms in total. The van der Waals surface area contributed by atoms with Crippen LogP contribution in [0, 0.1) is 0 Å². The largest absolute Gasteiger partial charge is 0.311 e. The van der Waals surface area contributed by atoms with Crippen LogP contribution in [0.4, 0.5) is 5.69 Å². The van der Waals surface area contributed by atoms with Crippen molar-refractivity contribution in [3.63, 3.8) is 0 Å². The summed E-state index contributed by atoms with van der Waals surface area (Å²) in [6.45, 7) is 18.6. The van der Waals surface area contributed by atoms with Crippen molar-refractivity contribution in [2.45, 2.75) is 59.3 Å². The number of benzene rings is 1. The summed E-state index contributed by atoms with van der Waals surface area (Å²) in [4.78, 5) is 14.0. The van der Waals surface area contributed by atoms with Gasteiger partial charge in [0.2, 0.25) is 0 Å². The van der Waals surface area contributed by atoms with E-state index in [4.69, 9.17) is 0 Å². The number of carbonyl (C=O) groups excluding carboxylic acids is 1. The van der Waals surface area contributed by atoms with E-state index >= 15 is 0 Å². The first-order chi connectivity index (χ1) is 9.35. The SMILES string of the molecule is C=C(C)C(=O)N(C)c1cc(C(C)(C)C)ccc1C(C)(C)C. The van der Waals surface area contributed by atoms with Gasteiger partial charge in [0, 0.05) is 18.3 Å². The van der Waals surface area contributed by atoms with Crippen LogP contribution in [-0.2, 0) is 15.6 Å². The molecule has 21 heavy (non-hydrogen) atoms. The van der Waals surface area contributed by atoms with E-state index in [9.17, 15) is 4.79 Å². The van der Waals surface area contributed by atoms with Gasteiger partial charge in [-0.15, -0.1) is 0 Å². The van der Waals surface area contributed by atoms with Crippen molar-refractivity contribution >= 4 is 11.6 Å². The van der Waals surface area contributed by atoms with E-state index in [0.717, 1.165) is 5.69 Å². The Hall–Kier alpha value is -1.57. The minimum absolute atomic E-state index is 0.0185. The molecule has 1 amide bonds. The molecule has 2 heteroatoms. The molecule has 0 spiro atoms. The predicted octanol–water partition coefficient (Wildman–Crippen LogP) is 4.82. The Bertz CT molecular complexity index is 556. The van der Waals surface area contributed by atoms with Gasteiger partial charge in [-0.05, 0) is 34.9 Å². The van der Waals surface area contributed by atoms with Crippen LogP contribution in [0.3, 0.4) is 0 Å². The number of amides is 1. The Morgan fingerprint density at radius 1 is 1.05 bits per heavy atom. The van der Waals surface area contributed by atoms with E-state index in [2.05, 4.69) is 66.3 Å². The molecule has 0 saturated heterocycles. The zero-order valence-corrected chi connectivity index (χ0v) is 14.8. The molecule has 0 saturated carbocycles. The van der Waals surface area contributed by atoms with E-state index in [1.165, 1.54) is 11.1 Å². The minimum atomic E-state index is -0.0356. The lowest BCUT2D eigenvalue weighted by atomic mass is 9.81. The van der Waals surface area contributed by atoms with Gasteiger partial charge in [-0.2, -0.15) is 0 Å². The standard InChI is InChI=1S/C19H29NO/c1-13(2)17(21)20(9)16-12-14(18(3,4)5)10-11-15(16)19(6,7)8/h10-12H,1H2,2-9H3. The van der Waals surface area contributed by atoms with Gasteiger partial charge < -0.3 is 4.90 Å². The van der Waals surface area contributed by atoms with Crippen molar-refractivity contribution in [1.82, 2.24) is 0 Å².